The van der Waals surface area contributed by atoms with Crippen molar-refractivity contribution in [2.24, 2.45) is 5.92 Å². The zero-order chi connectivity index (χ0) is 18.4. The number of hydrogen-bond donors (Lipinski definition) is 0. The van der Waals surface area contributed by atoms with Crippen LogP contribution in [0.3, 0.4) is 0 Å². The van der Waals surface area contributed by atoms with Crippen molar-refractivity contribution in [3.8, 4) is 0 Å². The van der Waals surface area contributed by atoms with Gasteiger partial charge < -0.3 is 9.80 Å². The van der Waals surface area contributed by atoms with Crippen LogP contribution in [0.5, 0.6) is 0 Å². The summed E-state index contributed by atoms with van der Waals surface area (Å²) in [6.45, 7) is 5.20. The van der Waals surface area contributed by atoms with Crippen molar-refractivity contribution in [2.75, 3.05) is 20.1 Å². The molecule has 0 saturated carbocycles. The average molecular weight is 344 g/mol. The van der Waals surface area contributed by atoms with Crippen molar-refractivity contribution in [3.63, 3.8) is 0 Å². The van der Waals surface area contributed by atoms with Gasteiger partial charge in [-0.2, -0.15) is 0 Å². The number of nitrogens with zero attached hydrogens (tertiary/aromatic N) is 2. The van der Waals surface area contributed by atoms with Crippen LogP contribution in [0.1, 0.15) is 49.9 Å². The predicted octanol–water partition coefficient (Wildman–Crippen LogP) is 2.75. The van der Waals surface area contributed by atoms with Crippen molar-refractivity contribution in [1.82, 2.24) is 9.80 Å². The molecule has 5 nitrogen and oxygen atoms in total. The molecule has 1 aromatic rings. The van der Waals surface area contributed by atoms with Gasteiger partial charge in [-0.15, -0.1) is 0 Å². The molecule has 1 aliphatic rings. The van der Waals surface area contributed by atoms with Gasteiger partial charge in [-0.05, 0) is 26.7 Å². The first-order valence-corrected chi connectivity index (χ1v) is 9.03. The number of carbonyl (C=O) groups is 3. The predicted molar refractivity (Wildman–Crippen MR) is 97.2 cm³/mol. The van der Waals surface area contributed by atoms with Crippen molar-refractivity contribution in [2.45, 2.75) is 45.6 Å². The van der Waals surface area contributed by atoms with E-state index in [1.54, 1.807) is 21.9 Å². The molecule has 0 unspecified atom stereocenters. The lowest BCUT2D eigenvalue weighted by Gasteiger charge is -2.34. The summed E-state index contributed by atoms with van der Waals surface area (Å²) < 4.78 is 0. The Bertz CT molecular complexity index is 605. The highest BCUT2D eigenvalue weighted by atomic mass is 16.2. The second-order valence-corrected chi connectivity index (χ2v) is 6.99. The molecule has 0 atom stereocenters. The molecule has 1 aromatic carbocycles. The lowest BCUT2D eigenvalue weighted by Crippen LogP contribution is -2.45. The van der Waals surface area contributed by atoms with E-state index in [1.165, 1.54) is 0 Å². The third-order valence-electron chi connectivity index (χ3n) is 4.98. The average Bonchev–Trinajstić information content (AvgIpc) is 2.65. The summed E-state index contributed by atoms with van der Waals surface area (Å²) in [4.78, 5) is 40.4. The van der Waals surface area contributed by atoms with Crippen LogP contribution in [0, 0.1) is 5.92 Å². The fraction of sp³-hybridized carbons (Fsp3) is 0.550. The summed E-state index contributed by atoms with van der Waals surface area (Å²) in [6.07, 6.45) is 1.87. The fourth-order valence-corrected chi connectivity index (χ4v) is 3.07. The Kier molecular flexibility index (Phi) is 6.73. The lowest BCUT2D eigenvalue weighted by atomic mass is 9.94. The van der Waals surface area contributed by atoms with Gasteiger partial charge in [0.1, 0.15) is 0 Å². The van der Waals surface area contributed by atoms with E-state index >= 15 is 0 Å². The van der Waals surface area contributed by atoms with Gasteiger partial charge in [-0.1, -0.05) is 30.3 Å². The third kappa shape index (κ3) is 5.15. The van der Waals surface area contributed by atoms with Gasteiger partial charge in [0.05, 0.1) is 0 Å². The van der Waals surface area contributed by atoms with E-state index < -0.39 is 0 Å². The summed E-state index contributed by atoms with van der Waals surface area (Å²) >= 11 is 0. The first kappa shape index (κ1) is 19.2. The van der Waals surface area contributed by atoms with Crippen molar-refractivity contribution >= 4 is 17.6 Å². The Morgan fingerprint density at radius 3 is 2.24 bits per heavy atom. The summed E-state index contributed by atoms with van der Waals surface area (Å²) in [5, 5.41) is 0. The van der Waals surface area contributed by atoms with Gasteiger partial charge in [0.15, 0.2) is 5.78 Å². The molecule has 136 valence electrons. The van der Waals surface area contributed by atoms with E-state index in [-0.39, 0.29) is 42.4 Å². The second-order valence-electron chi connectivity index (χ2n) is 6.99. The van der Waals surface area contributed by atoms with Gasteiger partial charge >= 0.3 is 0 Å². The topological polar surface area (TPSA) is 57.7 Å². The van der Waals surface area contributed by atoms with Crippen LogP contribution < -0.4 is 0 Å². The van der Waals surface area contributed by atoms with Crippen LogP contribution in [0.25, 0.3) is 0 Å². The quantitative estimate of drug-likeness (QED) is 0.746. The molecule has 2 amide bonds. The number of ketones is 1. The molecule has 1 aliphatic heterocycles. The van der Waals surface area contributed by atoms with Crippen LogP contribution in [0.4, 0.5) is 0 Å². The molecule has 1 fully saturated rings. The number of carbonyl (C=O) groups excluding carboxylic acids is 3. The monoisotopic (exact) mass is 344 g/mol. The Labute approximate surface area is 150 Å². The fourth-order valence-electron chi connectivity index (χ4n) is 3.07. The molecule has 0 aliphatic carbocycles. The standard InChI is InChI=1S/C20H28N2O3/c1-15(2)21(3)20(25)17-11-13-22(14-12-17)19(24)10-9-18(23)16-7-5-4-6-8-16/h4-8,15,17H,9-14H2,1-3H3. The largest absolute Gasteiger partial charge is 0.343 e. The molecular formula is C20H28N2O3. The summed E-state index contributed by atoms with van der Waals surface area (Å²) in [7, 11) is 1.83. The minimum absolute atomic E-state index is 0.00222. The Morgan fingerprint density at radius 2 is 1.68 bits per heavy atom. The van der Waals surface area contributed by atoms with E-state index in [4.69, 9.17) is 0 Å². The Morgan fingerprint density at radius 1 is 1.08 bits per heavy atom. The third-order valence-corrected chi connectivity index (χ3v) is 4.98. The van der Waals surface area contributed by atoms with Crippen LogP contribution in [0.2, 0.25) is 0 Å². The van der Waals surface area contributed by atoms with Gasteiger partial charge in [0.25, 0.3) is 0 Å². The zero-order valence-electron chi connectivity index (χ0n) is 15.4. The lowest BCUT2D eigenvalue weighted by molar-refractivity contribution is -0.140. The number of benzene rings is 1. The van der Waals surface area contributed by atoms with Gasteiger partial charge in [-0.25, -0.2) is 0 Å². The van der Waals surface area contributed by atoms with Gasteiger partial charge in [0.2, 0.25) is 11.8 Å². The molecule has 0 aromatic heterocycles. The molecular weight excluding hydrogens is 316 g/mol. The van der Waals surface area contributed by atoms with Crippen molar-refractivity contribution in [1.29, 1.82) is 0 Å². The van der Waals surface area contributed by atoms with Crippen LogP contribution in [0.15, 0.2) is 30.3 Å². The first-order valence-electron chi connectivity index (χ1n) is 9.03. The van der Waals surface area contributed by atoms with Crippen molar-refractivity contribution < 1.29 is 14.4 Å². The molecule has 25 heavy (non-hydrogen) atoms. The molecule has 0 N–H and O–H groups in total. The number of rotatable bonds is 6. The minimum atomic E-state index is -0.00225. The highest BCUT2D eigenvalue weighted by molar-refractivity contribution is 5.97. The maximum absolute atomic E-state index is 12.4. The summed E-state index contributed by atoms with van der Waals surface area (Å²) in [6, 6.07) is 9.25. The van der Waals surface area contributed by atoms with E-state index in [0.29, 0.717) is 31.5 Å². The Hall–Kier alpha value is -2.17. The molecule has 0 radical (unpaired) electrons. The SMILES string of the molecule is CC(C)N(C)C(=O)C1CCN(C(=O)CCC(=O)c2ccccc2)CC1. The van der Waals surface area contributed by atoms with Gasteiger partial charge in [0, 0.05) is 50.5 Å². The number of hydrogen-bond acceptors (Lipinski definition) is 3. The summed E-state index contributed by atoms with van der Waals surface area (Å²) in [5.74, 6) is 0.175. The highest BCUT2D eigenvalue weighted by Crippen LogP contribution is 2.21. The smallest absolute Gasteiger partial charge is 0.225 e. The van der Waals surface area contributed by atoms with E-state index in [1.807, 2.05) is 39.1 Å². The maximum Gasteiger partial charge on any atom is 0.225 e. The van der Waals surface area contributed by atoms with Crippen molar-refractivity contribution in [3.05, 3.63) is 35.9 Å². The number of amides is 2. The molecule has 1 saturated heterocycles. The number of likely N-dealkylation sites (tertiary alicyclic amines) is 1. The number of Topliss-reactive ketones (excluding diaryl/α,β-unsaturated/α-hetero) is 1. The second kappa shape index (κ2) is 8.79. The van der Waals surface area contributed by atoms with Crippen LogP contribution in [-0.2, 0) is 9.59 Å². The maximum atomic E-state index is 12.4. The highest BCUT2D eigenvalue weighted by Gasteiger charge is 2.29. The normalized spacial score (nSPS) is 15.3. The van der Waals surface area contributed by atoms with E-state index in [0.717, 1.165) is 0 Å². The molecule has 1 heterocycles. The molecule has 0 spiro atoms. The van der Waals surface area contributed by atoms with Crippen LogP contribution in [-0.4, -0.2) is 53.6 Å². The van der Waals surface area contributed by atoms with Crippen LogP contribution >= 0.6 is 0 Å². The molecule has 0 bridgehead atoms. The minimum Gasteiger partial charge on any atom is -0.343 e. The van der Waals surface area contributed by atoms with Gasteiger partial charge in [-0.3, -0.25) is 14.4 Å². The zero-order valence-corrected chi connectivity index (χ0v) is 15.4. The Balaban J connectivity index is 1.78. The number of piperidine rings is 1. The molecule has 5 heteroatoms. The first-order chi connectivity index (χ1) is 11.9. The summed E-state index contributed by atoms with van der Waals surface area (Å²) in [5.41, 5.74) is 0.649. The molecule has 2 rings (SSSR count). The van der Waals surface area contributed by atoms with E-state index in [9.17, 15) is 14.4 Å². The van der Waals surface area contributed by atoms with E-state index in [2.05, 4.69) is 0 Å².